The third kappa shape index (κ3) is 3.07. The number of aromatic nitrogens is 2. The molecule has 1 N–H and O–H groups in total. The van der Waals surface area contributed by atoms with E-state index in [0.29, 0.717) is 28.2 Å². The Kier molecular flexibility index (Phi) is 4.19. The first kappa shape index (κ1) is 14.4. The molecule has 0 amide bonds. The SMILES string of the molecule is O=c1[nH]c(Cc2ccccc2F)nc(C2CCCC2)c1Br. The lowest BCUT2D eigenvalue weighted by molar-refractivity contribution is 0.610. The Labute approximate surface area is 130 Å². The molecule has 1 saturated carbocycles. The molecule has 0 bridgehead atoms. The standard InChI is InChI=1S/C16H16BrFN2O/c17-14-15(10-5-1-2-6-10)19-13(20-16(14)21)9-11-7-3-4-8-12(11)18/h3-4,7-8,10H,1-2,5-6,9H2,(H,19,20,21). The van der Waals surface area contributed by atoms with Gasteiger partial charge >= 0.3 is 0 Å². The molecule has 5 heteroatoms. The maximum absolute atomic E-state index is 13.7. The molecule has 0 radical (unpaired) electrons. The van der Waals surface area contributed by atoms with Crippen molar-refractivity contribution in [2.75, 3.05) is 0 Å². The summed E-state index contributed by atoms with van der Waals surface area (Å²) in [5, 5.41) is 0. The van der Waals surface area contributed by atoms with Gasteiger partial charge in [0.2, 0.25) is 0 Å². The molecule has 1 heterocycles. The predicted molar refractivity (Wildman–Crippen MR) is 83.0 cm³/mol. The van der Waals surface area contributed by atoms with Gasteiger partial charge in [-0.05, 0) is 40.4 Å². The lowest BCUT2D eigenvalue weighted by Crippen LogP contribution is -2.17. The normalized spacial score (nSPS) is 15.5. The molecule has 0 atom stereocenters. The fraction of sp³-hybridized carbons (Fsp3) is 0.375. The van der Waals surface area contributed by atoms with Crippen molar-refractivity contribution in [2.45, 2.75) is 38.0 Å². The molecular weight excluding hydrogens is 335 g/mol. The van der Waals surface area contributed by atoms with Crippen LogP contribution in [0.1, 0.15) is 48.7 Å². The van der Waals surface area contributed by atoms with Crippen molar-refractivity contribution in [3.8, 4) is 0 Å². The van der Waals surface area contributed by atoms with Crippen LogP contribution < -0.4 is 5.56 Å². The summed E-state index contributed by atoms with van der Waals surface area (Å²) in [6, 6.07) is 6.57. The van der Waals surface area contributed by atoms with Gasteiger partial charge in [-0.1, -0.05) is 31.0 Å². The number of nitrogens with one attached hydrogen (secondary N) is 1. The average molecular weight is 351 g/mol. The van der Waals surface area contributed by atoms with Crippen LogP contribution >= 0.6 is 15.9 Å². The first-order valence-corrected chi connectivity index (χ1v) is 7.96. The second-order valence-corrected chi connectivity index (χ2v) is 6.25. The van der Waals surface area contributed by atoms with Crippen LogP contribution in [-0.2, 0) is 6.42 Å². The maximum atomic E-state index is 13.7. The van der Waals surface area contributed by atoms with Crippen LogP contribution in [0.15, 0.2) is 33.5 Å². The Balaban J connectivity index is 1.96. The van der Waals surface area contributed by atoms with Gasteiger partial charge < -0.3 is 4.98 Å². The molecule has 3 rings (SSSR count). The van der Waals surface area contributed by atoms with E-state index in [0.717, 1.165) is 18.5 Å². The number of aromatic amines is 1. The molecule has 1 fully saturated rings. The fourth-order valence-electron chi connectivity index (χ4n) is 2.90. The van der Waals surface area contributed by atoms with Crippen molar-refractivity contribution >= 4 is 15.9 Å². The minimum Gasteiger partial charge on any atom is -0.309 e. The second-order valence-electron chi connectivity index (χ2n) is 5.46. The van der Waals surface area contributed by atoms with Crippen molar-refractivity contribution in [2.24, 2.45) is 0 Å². The smallest absolute Gasteiger partial charge is 0.265 e. The topological polar surface area (TPSA) is 45.8 Å². The van der Waals surface area contributed by atoms with Gasteiger partial charge in [-0.3, -0.25) is 4.79 Å². The highest BCUT2D eigenvalue weighted by atomic mass is 79.9. The quantitative estimate of drug-likeness (QED) is 0.911. The Morgan fingerprint density at radius 1 is 1.29 bits per heavy atom. The molecule has 1 aromatic carbocycles. The summed E-state index contributed by atoms with van der Waals surface area (Å²) < 4.78 is 14.2. The van der Waals surface area contributed by atoms with E-state index in [1.165, 1.54) is 18.9 Å². The fourth-order valence-corrected chi connectivity index (χ4v) is 3.41. The highest BCUT2D eigenvalue weighted by Crippen LogP contribution is 2.35. The summed E-state index contributed by atoms with van der Waals surface area (Å²) in [5.41, 5.74) is 1.18. The molecule has 0 saturated heterocycles. The van der Waals surface area contributed by atoms with Gasteiger partial charge in [0.25, 0.3) is 5.56 Å². The number of H-pyrrole nitrogens is 1. The number of halogens is 2. The highest BCUT2D eigenvalue weighted by Gasteiger charge is 2.23. The van der Waals surface area contributed by atoms with Crippen LogP contribution in [0.3, 0.4) is 0 Å². The first-order valence-electron chi connectivity index (χ1n) is 7.17. The molecule has 0 aliphatic heterocycles. The van der Waals surface area contributed by atoms with Crippen molar-refractivity contribution in [1.82, 2.24) is 9.97 Å². The summed E-state index contributed by atoms with van der Waals surface area (Å²) in [5.74, 6) is 0.585. The van der Waals surface area contributed by atoms with E-state index in [-0.39, 0.29) is 11.4 Å². The number of hydrogen-bond donors (Lipinski definition) is 1. The predicted octanol–water partition coefficient (Wildman–Crippen LogP) is 3.92. The molecule has 0 unspecified atom stereocenters. The van der Waals surface area contributed by atoms with Gasteiger partial charge in [0.15, 0.2) is 0 Å². The zero-order valence-corrected chi connectivity index (χ0v) is 13.1. The lowest BCUT2D eigenvalue weighted by Gasteiger charge is -2.12. The molecule has 2 aromatic rings. The molecule has 0 spiro atoms. The molecule has 21 heavy (non-hydrogen) atoms. The minimum absolute atomic E-state index is 0.182. The minimum atomic E-state index is -0.273. The number of rotatable bonds is 3. The lowest BCUT2D eigenvalue weighted by atomic mass is 10.0. The van der Waals surface area contributed by atoms with Gasteiger partial charge in [0.1, 0.15) is 16.1 Å². The zero-order chi connectivity index (χ0) is 14.8. The third-order valence-corrected chi connectivity index (χ3v) is 4.76. The number of nitrogens with zero attached hydrogens (tertiary/aromatic N) is 1. The van der Waals surface area contributed by atoms with Crippen molar-refractivity contribution < 1.29 is 4.39 Å². The Morgan fingerprint density at radius 3 is 2.71 bits per heavy atom. The van der Waals surface area contributed by atoms with Crippen LogP contribution in [0.4, 0.5) is 4.39 Å². The van der Waals surface area contributed by atoms with E-state index in [9.17, 15) is 9.18 Å². The van der Waals surface area contributed by atoms with Crippen LogP contribution in [0.2, 0.25) is 0 Å². The van der Waals surface area contributed by atoms with Crippen molar-refractivity contribution in [3.63, 3.8) is 0 Å². The van der Waals surface area contributed by atoms with Crippen LogP contribution in [-0.4, -0.2) is 9.97 Å². The molecule has 1 aliphatic carbocycles. The van der Waals surface area contributed by atoms with E-state index in [4.69, 9.17) is 0 Å². The van der Waals surface area contributed by atoms with Gasteiger partial charge in [0, 0.05) is 12.3 Å². The molecular formula is C16H16BrFN2O. The van der Waals surface area contributed by atoms with E-state index in [2.05, 4.69) is 25.9 Å². The van der Waals surface area contributed by atoms with Crippen molar-refractivity contribution in [1.29, 1.82) is 0 Å². The van der Waals surface area contributed by atoms with Gasteiger partial charge in [-0.2, -0.15) is 0 Å². The molecule has 1 aliphatic rings. The second kappa shape index (κ2) is 6.10. The molecule has 1 aromatic heterocycles. The average Bonchev–Trinajstić information content (AvgIpc) is 2.99. The monoisotopic (exact) mass is 350 g/mol. The first-order chi connectivity index (χ1) is 10.1. The summed E-state index contributed by atoms with van der Waals surface area (Å²) in [7, 11) is 0. The summed E-state index contributed by atoms with van der Waals surface area (Å²) in [4.78, 5) is 19.4. The largest absolute Gasteiger partial charge is 0.309 e. The maximum Gasteiger partial charge on any atom is 0.265 e. The Bertz CT molecular complexity index is 708. The van der Waals surface area contributed by atoms with Crippen LogP contribution in [0.25, 0.3) is 0 Å². The van der Waals surface area contributed by atoms with Gasteiger partial charge in [-0.25, -0.2) is 9.37 Å². The van der Waals surface area contributed by atoms with Crippen molar-refractivity contribution in [3.05, 3.63) is 62.0 Å². The number of hydrogen-bond acceptors (Lipinski definition) is 2. The Hall–Kier alpha value is -1.49. The highest BCUT2D eigenvalue weighted by molar-refractivity contribution is 9.10. The van der Waals surface area contributed by atoms with E-state index < -0.39 is 0 Å². The summed E-state index contributed by atoms with van der Waals surface area (Å²) in [6.07, 6.45) is 4.78. The van der Waals surface area contributed by atoms with Gasteiger partial charge in [-0.15, -0.1) is 0 Å². The molecule has 110 valence electrons. The third-order valence-electron chi connectivity index (χ3n) is 4.00. The van der Waals surface area contributed by atoms with Gasteiger partial charge in [0.05, 0.1) is 5.69 Å². The van der Waals surface area contributed by atoms with Crippen LogP contribution in [0.5, 0.6) is 0 Å². The summed E-state index contributed by atoms with van der Waals surface area (Å²) in [6.45, 7) is 0. The summed E-state index contributed by atoms with van der Waals surface area (Å²) >= 11 is 3.34. The van der Waals surface area contributed by atoms with E-state index in [1.807, 2.05) is 0 Å². The van der Waals surface area contributed by atoms with Crippen LogP contribution in [0, 0.1) is 5.82 Å². The Morgan fingerprint density at radius 2 is 2.00 bits per heavy atom. The zero-order valence-electron chi connectivity index (χ0n) is 11.5. The molecule has 3 nitrogen and oxygen atoms in total. The van der Waals surface area contributed by atoms with E-state index >= 15 is 0 Å². The van der Waals surface area contributed by atoms with E-state index in [1.54, 1.807) is 18.2 Å². The number of benzene rings is 1.